The smallest absolute Gasteiger partial charge is 0.253 e. The van der Waals surface area contributed by atoms with E-state index in [0.29, 0.717) is 11.5 Å². The molecule has 1 aliphatic heterocycles. The molecule has 1 fully saturated rings. The number of hydrogen-bond acceptors (Lipinski definition) is 3. The van der Waals surface area contributed by atoms with Crippen molar-refractivity contribution < 1.29 is 4.79 Å². The molecule has 0 saturated carbocycles. The van der Waals surface area contributed by atoms with Gasteiger partial charge in [-0.25, -0.2) is 0 Å². The van der Waals surface area contributed by atoms with Crippen molar-refractivity contribution in [2.45, 2.75) is 25.7 Å². The monoisotopic (exact) mass is 346 g/mol. The van der Waals surface area contributed by atoms with Gasteiger partial charge in [-0.15, -0.1) is 10.2 Å². The number of aromatic nitrogens is 3. The van der Waals surface area contributed by atoms with Gasteiger partial charge in [-0.05, 0) is 49.1 Å². The number of nitrogens with zero attached hydrogens (tertiary/aromatic N) is 4. The van der Waals surface area contributed by atoms with Crippen LogP contribution < -0.4 is 0 Å². The Hall–Kier alpha value is -2.95. The van der Waals surface area contributed by atoms with Gasteiger partial charge in [0.2, 0.25) is 0 Å². The van der Waals surface area contributed by atoms with Gasteiger partial charge >= 0.3 is 0 Å². The summed E-state index contributed by atoms with van der Waals surface area (Å²) in [6.45, 7) is 3.75. The number of carbonyl (C=O) groups excluding carboxylic acids is 1. The van der Waals surface area contributed by atoms with E-state index in [2.05, 4.69) is 41.4 Å². The van der Waals surface area contributed by atoms with Gasteiger partial charge in [0.15, 0.2) is 0 Å². The second kappa shape index (κ2) is 7.12. The van der Waals surface area contributed by atoms with Crippen LogP contribution in [0.25, 0.3) is 5.69 Å². The number of amides is 1. The summed E-state index contributed by atoms with van der Waals surface area (Å²) in [4.78, 5) is 15.1. The summed E-state index contributed by atoms with van der Waals surface area (Å²) in [5.41, 5.74) is 4.28. The average molecular weight is 346 g/mol. The van der Waals surface area contributed by atoms with E-state index in [0.717, 1.165) is 31.6 Å². The highest BCUT2D eigenvalue weighted by molar-refractivity contribution is 5.94. The summed E-state index contributed by atoms with van der Waals surface area (Å²) in [6.07, 6.45) is 5.45. The van der Waals surface area contributed by atoms with Crippen molar-refractivity contribution in [3.63, 3.8) is 0 Å². The Morgan fingerprint density at radius 2 is 1.88 bits per heavy atom. The molecule has 5 nitrogen and oxygen atoms in total. The first-order chi connectivity index (χ1) is 12.7. The largest absolute Gasteiger partial charge is 0.338 e. The molecule has 2 aromatic carbocycles. The quantitative estimate of drug-likeness (QED) is 0.728. The molecule has 0 spiro atoms. The van der Waals surface area contributed by atoms with E-state index in [1.54, 1.807) is 12.7 Å². The van der Waals surface area contributed by atoms with E-state index in [1.165, 1.54) is 11.1 Å². The number of likely N-dealkylation sites (tertiary alicyclic amines) is 1. The fourth-order valence-corrected chi connectivity index (χ4v) is 3.78. The van der Waals surface area contributed by atoms with Crippen LogP contribution in [0.15, 0.2) is 61.2 Å². The molecule has 5 heteroatoms. The van der Waals surface area contributed by atoms with Crippen molar-refractivity contribution >= 4 is 5.91 Å². The maximum Gasteiger partial charge on any atom is 0.253 e. The number of hydrogen-bond donors (Lipinski definition) is 0. The lowest BCUT2D eigenvalue weighted by atomic mass is 9.88. The zero-order valence-corrected chi connectivity index (χ0v) is 14.9. The summed E-state index contributed by atoms with van der Waals surface area (Å²) < 4.78 is 1.81. The lowest BCUT2D eigenvalue weighted by Crippen LogP contribution is -2.39. The minimum Gasteiger partial charge on any atom is -0.338 e. The highest BCUT2D eigenvalue weighted by atomic mass is 16.2. The van der Waals surface area contributed by atoms with Crippen molar-refractivity contribution in [1.29, 1.82) is 0 Å². The van der Waals surface area contributed by atoms with E-state index < -0.39 is 0 Å². The van der Waals surface area contributed by atoms with E-state index >= 15 is 0 Å². The Morgan fingerprint density at radius 3 is 2.69 bits per heavy atom. The van der Waals surface area contributed by atoms with E-state index in [-0.39, 0.29) is 5.91 Å². The third kappa shape index (κ3) is 3.25. The summed E-state index contributed by atoms with van der Waals surface area (Å²) in [6, 6.07) is 16.2. The lowest BCUT2D eigenvalue weighted by molar-refractivity contribution is 0.0707. The van der Waals surface area contributed by atoms with Crippen LogP contribution in [0.5, 0.6) is 0 Å². The highest BCUT2D eigenvalue weighted by Gasteiger charge is 2.26. The van der Waals surface area contributed by atoms with Gasteiger partial charge in [-0.1, -0.05) is 30.3 Å². The summed E-state index contributed by atoms with van der Waals surface area (Å²) >= 11 is 0. The molecule has 0 bridgehead atoms. The van der Waals surface area contributed by atoms with Gasteiger partial charge < -0.3 is 4.90 Å². The second-order valence-electron chi connectivity index (χ2n) is 6.87. The van der Waals surface area contributed by atoms with Crippen molar-refractivity contribution in [2.75, 3.05) is 13.1 Å². The molecular formula is C21H22N4O. The van der Waals surface area contributed by atoms with Crippen molar-refractivity contribution in [2.24, 2.45) is 0 Å². The second-order valence-corrected chi connectivity index (χ2v) is 6.87. The minimum absolute atomic E-state index is 0.0956. The molecule has 3 aromatic rings. The molecule has 1 saturated heterocycles. The first-order valence-corrected chi connectivity index (χ1v) is 9.02. The van der Waals surface area contributed by atoms with Crippen LogP contribution in [0.4, 0.5) is 0 Å². The molecule has 1 unspecified atom stereocenters. The zero-order chi connectivity index (χ0) is 17.9. The normalized spacial score (nSPS) is 17.3. The molecule has 4 rings (SSSR count). The third-order valence-electron chi connectivity index (χ3n) is 5.15. The number of benzene rings is 2. The van der Waals surface area contributed by atoms with Crippen LogP contribution in [-0.2, 0) is 0 Å². The van der Waals surface area contributed by atoms with Gasteiger partial charge in [-0.3, -0.25) is 9.36 Å². The molecule has 1 amide bonds. The SMILES string of the molecule is Cc1ccccc1C1CCCN(C(=O)c2cccc(-n3cnnc3)c2)C1. The van der Waals surface area contributed by atoms with Gasteiger partial charge in [0, 0.05) is 30.3 Å². The van der Waals surface area contributed by atoms with Crippen LogP contribution in [-0.4, -0.2) is 38.7 Å². The van der Waals surface area contributed by atoms with Gasteiger partial charge in [0.05, 0.1) is 0 Å². The van der Waals surface area contributed by atoms with Crippen LogP contribution in [0.1, 0.15) is 40.2 Å². The summed E-state index contributed by atoms with van der Waals surface area (Å²) in [7, 11) is 0. The molecular weight excluding hydrogens is 324 g/mol. The lowest BCUT2D eigenvalue weighted by Gasteiger charge is -2.33. The fourth-order valence-electron chi connectivity index (χ4n) is 3.78. The Kier molecular flexibility index (Phi) is 4.52. The van der Waals surface area contributed by atoms with Crippen LogP contribution in [0, 0.1) is 6.92 Å². The number of rotatable bonds is 3. The topological polar surface area (TPSA) is 51.0 Å². The predicted octanol–water partition coefficient (Wildman–Crippen LogP) is 3.60. The molecule has 2 heterocycles. The van der Waals surface area contributed by atoms with Gasteiger partial charge in [0.25, 0.3) is 5.91 Å². The molecule has 1 aromatic heterocycles. The Bertz CT molecular complexity index is 904. The Labute approximate surface area is 153 Å². The van der Waals surface area contributed by atoms with Crippen molar-refractivity contribution in [3.8, 4) is 5.69 Å². The molecule has 0 aliphatic carbocycles. The Balaban J connectivity index is 1.55. The average Bonchev–Trinajstić information content (AvgIpc) is 3.23. The molecule has 1 atom stereocenters. The Morgan fingerprint density at radius 1 is 1.08 bits per heavy atom. The maximum atomic E-state index is 13.1. The van der Waals surface area contributed by atoms with E-state index in [4.69, 9.17) is 0 Å². The van der Waals surface area contributed by atoms with E-state index in [1.807, 2.05) is 33.7 Å². The summed E-state index contributed by atoms with van der Waals surface area (Å²) in [5, 5.41) is 7.66. The highest BCUT2D eigenvalue weighted by Crippen LogP contribution is 2.29. The molecule has 0 radical (unpaired) electrons. The number of carbonyl (C=O) groups is 1. The molecule has 1 aliphatic rings. The molecule has 132 valence electrons. The molecule has 0 N–H and O–H groups in total. The van der Waals surface area contributed by atoms with Crippen LogP contribution in [0.3, 0.4) is 0 Å². The van der Waals surface area contributed by atoms with E-state index in [9.17, 15) is 4.79 Å². The zero-order valence-electron chi connectivity index (χ0n) is 14.9. The van der Waals surface area contributed by atoms with Crippen LogP contribution in [0.2, 0.25) is 0 Å². The minimum atomic E-state index is 0.0956. The summed E-state index contributed by atoms with van der Waals surface area (Å²) in [5.74, 6) is 0.508. The van der Waals surface area contributed by atoms with Gasteiger partial charge in [-0.2, -0.15) is 0 Å². The number of aryl methyl sites for hydroxylation is 1. The van der Waals surface area contributed by atoms with Crippen LogP contribution >= 0.6 is 0 Å². The fraction of sp³-hybridized carbons (Fsp3) is 0.286. The molecule has 26 heavy (non-hydrogen) atoms. The first-order valence-electron chi connectivity index (χ1n) is 9.02. The van der Waals surface area contributed by atoms with Crippen molar-refractivity contribution in [3.05, 3.63) is 77.9 Å². The maximum absolute atomic E-state index is 13.1. The van der Waals surface area contributed by atoms with Gasteiger partial charge in [0.1, 0.15) is 12.7 Å². The number of piperidine rings is 1. The predicted molar refractivity (Wildman–Crippen MR) is 100 cm³/mol. The van der Waals surface area contributed by atoms with Crippen molar-refractivity contribution in [1.82, 2.24) is 19.7 Å². The standard InChI is InChI=1S/C21H22N4O/c1-16-6-2-3-10-20(16)18-8-5-11-24(13-18)21(26)17-7-4-9-19(12-17)25-14-22-23-15-25/h2-4,6-7,9-10,12,14-15,18H,5,8,11,13H2,1H3. The third-order valence-corrected chi connectivity index (χ3v) is 5.15. The first kappa shape index (κ1) is 16.5.